The minimum absolute atomic E-state index is 0.177. The summed E-state index contributed by atoms with van der Waals surface area (Å²) in [6.07, 6.45) is 5.87. The Balaban J connectivity index is 1.81. The predicted molar refractivity (Wildman–Crippen MR) is 116 cm³/mol. The van der Waals surface area contributed by atoms with Gasteiger partial charge in [0.25, 0.3) is 0 Å². The van der Waals surface area contributed by atoms with Crippen molar-refractivity contribution in [2.75, 3.05) is 13.3 Å². The molecule has 1 saturated carbocycles. The number of sulfonamides is 1. The summed E-state index contributed by atoms with van der Waals surface area (Å²) in [5.41, 5.74) is 2.18. The van der Waals surface area contributed by atoms with Crippen molar-refractivity contribution in [3.63, 3.8) is 0 Å². The fourth-order valence-corrected chi connectivity index (χ4v) is 5.40. The summed E-state index contributed by atoms with van der Waals surface area (Å²) in [5, 5.41) is 10.7. The van der Waals surface area contributed by atoms with E-state index in [4.69, 9.17) is 0 Å². The van der Waals surface area contributed by atoms with E-state index in [-0.39, 0.29) is 10.9 Å². The molecule has 1 aliphatic rings. The number of nitrogens with one attached hydrogen (secondary N) is 1. The second kappa shape index (κ2) is 8.92. The van der Waals surface area contributed by atoms with Gasteiger partial charge in [0.1, 0.15) is 30.0 Å². The zero-order valence-electron chi connectivity index (χ0n) is 17.5. The number of rotatable bonds is 8. The van der Waals surface area contributed by atoms with Crippen LogP contribution in [0.3, 0.4) is 0 Å². The largest absolute Gasteiger partial charge is 0.319 e. The van der Waals surface area contributed by atoms with Crippen LogP contribution in [-0.4, -0.2) is 42.3 Å². The average Bonchev–Trinajstić information content (AvgIpc) is 3.11. The number of aromatic nitrogens is 3. The number of alkyl halides is 2. The van der Waals surface area contributed by atoms with Crippen LogP contribution < -0.4 is 4.72 Å². The molecule has 0 amide bonds. The van der Waals surface area contributed by atoms with Crippen LogP contribution in [0.25, 0.3) is 22.4 Å². The molecule has 7 nitrogen and oxygen atoms in total. The molecule has 0 radical (unpaired) electrons. The molecule has 3 aromatic heterocycles. The Hall–Kier alpha value is -2.90. The molecule has 32 heavy (non-hydrogen) atoms. The third-order valence-electron chi connectivity index (χ3n) is 6.09. The van der Waals surface area contributed by atoms with Crippen molar-refractivity contribution >= 4 is 21.1 Å². The van der Waals surface area contributed by atoms with E-state index in [1.807, 2.05) is 10.8 Å². The Morgan fingerprint density at radius 2 is 2.03 bits per heavy atom. The zero-order valence-corrected chi connectivity index (χ0v) is 18.3. The highest BCUT2D eigenvalue weighted by molar-refractivity contribution is 7.89. The van der Waals surface area contributed by atoms with E-state index in [2.05, 4.69) is 27.5 Å². The maximum absolute atomic E-state index is 12.8. The predicted octanol–water partition coefficient (Wildman–Crippen LogP) is 3.92. The first-order valence-corrected chi connectivity index (χ1v) is 11.9. The minimum Gasteiger partial charge on any atom is -0.319 e. The molecule has 3 aromatic rings. The zero-order chi connectivity index (χ0) is 22.9. The Bertz CT molecular complexity index is 1260. The van der Waals surface area contributed by atoms with Gasteiger partial charge in [-0.15, -0.1) is 0 Å². The molecule has 0 aliphatic heterocycles. The molecule has 2 atom stereocenters. The van der Waals surface area contributed by atoms with Crippen LogP contribution in [0.4, 0.5) is 8.78 Å². The van der Waals surface area contributed by atoms with Gasteiger partial charge in [0.05, 0.1) is 23.0 Å². The Morgan fingerprint density at radius 1 is 1.25 bits per heavy atom. The second-order valence-electron chi connectivity index (χ2n) is 7.90. The van der Waals surface area contributed by atoms with Crippen LogP contribution in [0.2, 0.25) is 0 Å². The summed E-state index contributed by atoms with van der Waals surface area (Å²) in [4.78, 5) is 8.64. The van der Waals surface area contributed by atoms with Gasteiger partial charge < -0.3 is 4.57 Å². The number of halogens is 2. The van der Waals surface area contributed by atoms with Crippen molar-refractivity contribution in [3.05, 3.63) is 42.2 Å². The summed E-state index contributed by atoms with van der Waals surface area (Å²) >= 11 is 0. The van der Waals surface area contributed by atoms with Crippen LogP contribution in [0.15, 0.2) is 41.6 Å². The van der Waals surface area contributed by atoms with E-state index in [0.29, 0.717) is 28.5 Å². The van der Waals surface area contributed by atoms with Crippen molar-refractivity contribution in [3.8, 4) is 17.5 Å². The number of pyridine rings is 2. The first-order valence-electron chi connectivity index (χ1n) is 10.4. The summed E-state index contributed by atoms with van der Waals surface area (Å²) in [7, 11) is -4.13. The highest BCUT2D eigenvalue weighted by Gasteiger charge is 2.35. The van der Waals surface area contributed by atoms with Gasteiger partial charge in [0.2, 0.25) is 10.0 Å². The highest BCUT2D eigenvalue weighted by atomic mass is 32.2. The molecule has 3 heterocycles. The Morgan fingerprint density at radius 3 is 2.59 bits per heavy atom. The van der Waals surface area contributed by atoms with Crippen LogP contribution in [0.1, 0.15) is 37.8 Å². The number of hydrogen-bond donors (Lipinski definition) is 1. The van der Waals surface area contributed by atoms with Gasteiger partial charge >= 0.3 is 0 Å². The van der Waals surface area contributed by atoms with E-state index in [0.717, 1.165) is 30.8 Å². The standard InChI is InChI=1S/C22H23F2N5O2S/c1-2-14-5-8-20(14)29-21(18(12-25)17-4-3-9-26-22(17)29)19-7-6-16(13-27-19)32(30,31)28-15(10-23)11-24/h3-4,6-7,9,13-15,20,28H,2,5,8,10-11H2,1H3. The van der Waals surface area contributed by atoms with E-state index < -0.39 is 29.4 Å². The summed E-state index contributed by atoms with van der Waals surface area (Å²) in [6.45, 7) is -0.173. The fraction of sp³-hybridized carbons (Fsp3) is 0.409. The number of hydrogen-bond acceptors (Lipinski definition) is 5. The van der Waals surface area contributed by atoms with Gasteiger partial charge in [-0.2, -0.15) is 5.26 Å². The molecule has 0 saturated heterocycles. The Kier molecular flexibility index (Phi) is 6.22. The lowest BCUT2D eigenvalue weighted by Crippen LogP contribution is -2.37. The molecular formula is C22H23F2N5O2S. The molecule has 1 fully saturated rings. The van der Waals surface area contributed by atoms with Crippen LogP contribution in [0, 0.1) is 17.2 Å². The highest BCUT2D eigenvalue weighted by Crippen LogP contribution is 2.46. The van der Waals surface area contributed by atoms with Crippen LogP contribution in [0.5, 0.6) is 0 Å². The monoisotopic (exact) mass is 459 g/mol. The number of fused-ring (bicyclic) bond motifs is 1. The summed E-state index contributed by atoms with van der Waals surface area (Å²) in [6, 6.07) is 7.46. The molecule has 4 rings (SSSR count). The molecular weight excluding hydrogens is 436 g/mol. The SMILES string of the molecule is CCC1CCC1n1c(-c2ccc(S(=O)(=O)NC(CF)CF)cn2)c(C#N)c2cccnc21. The molecule has 168 valence electrons. The maximum atomic E-state index is 12.8. The third-order valence-corrected chi connectivity index (χ3v) is 7.60. The minimum atomic E-state index is -4.13. The lowest BCUT2D eigenvalue weighted by molar-refractivity contribution is 0.182. The topological polar surface area (TPSA) is 101 Å². The molecule has 2 unspecified atom stereocenters. The molecule has 0 bridgehead atoms. The average molecular weight is 460 g/mol. The summed E-state index contributed by atoms with van der Waals surface area (Å²) < 4.78 is 54.5. The van der Waals surface area contributed by atoms with Crippen LogP contribution >= 0.6 is 0 Å². The number of nitriles is 1. The van der Waals surface area contributed by atoms with Crippen molar-refractivity contribution in [1.82, 2.24) is 19.3 Å². The van der Waals surface area contributed by atoms with E-state index in [1.54, 1.807) is 12.3 Å². The molecule has 0 spiro atoms. The lowest BCUT2D eigenvalue weighted by Gasteiger charge is -2.38. The van der Waals surface area contributed by atoms with E-state index in [9.17, 15) is 22.5 Å². The first-order chi connectivity index (χ1) is 15.4. The second-order valence-corrected chi connectivity index (χ2v) is 9.61. The van der Waals surface area contributed by atoms with E-state index >= 15 is 0 Å². The first kappa shape index (κ1) is 22.3. The Labute approximate surface area is 185 Å². The van der Waals surface area contributed by atoms with Gasteiger partial charge in [-0.3, -0.25) is 4.98 Å². The maximum Gasteiger partial charge on any atom is 0.242 e. The quantitative estimate of drug-likeness (QED) is 0.550. The smallest absolute Gasteiger partial charge is 0.242 e. The van der Waals surface area contributed by atoms with Crippen molar-refractivity contribution in [2.45, 2.75) is 43.2 Å². The van der Waals surface area contributed by atoms with Crippen LogP contribution in [-0.2, 0) is 10.0 Å². The van der Waals surface area contributed by atoms with Gasteiger partial charge in [0.15, 0.2) is 0 Å². The van der Waals surface area contributed by atoms with Gasteiger partial charge in [-0.1, -0.05) is 13.3 Å². The lowest BCUT2D eigenvalue weighted by atomic mass is 9.77. The van der Waals surface area contributed by atoms with Gasteiger partial charge in [-0.05, 0) is 43.0 Å². The van der Waals surface area contributed by atoms with Gasteiger partial charge in [-0.25, -0.2) is 26.9 Å². The molecule has 1 aliphatic carbocycles. The van der Waals surface area contributed by atoms with E-state index in [1.165, 1.54) is 12.1 Å². The molecule has 10 heteroatoms. The molecule has 0 aromatic carbocycles. The molecule has 1 N–H and O–H groups in total. The van der Waals surface area contributed by atoms with Crippen molar-refractivity contribution in [1.29, 1.82) is 5.26 Å². The fourth-order valence-electron chi connectivity index (χ4n) is 4.26. The van der Waals surface area contributed by atoms with Crippen molar-refractivity contribution in [2.24, 2.45) is 5.92 Å². The summed E-state index contributed by atoms with van der Waals surface area (Å²) in [5.74, 6) is 0.458. The van der Waals surface area contributed by atoms with Crippen molar-refractivity contribution < 1.29 is 17.2 Å². The normalized spacial score (nSPS) is 18.6. The van der Waals surface area contributed by atoms with Gasteiger partial charge in [0, 0.05) is 23.8 Å². The number of nitrogens with zero attached hydrogens (tertiary/aromatic N) is 4. The third kappa shape index (κ3) is 3.76.